The van der Waals surface area contributed by atoms with E-state index in [2.05, 4.69) is 4.74 Å². The molecule has 4 aliphatic rings. The lowest BCUT2D eigenvalue weighted by Gasteiger charge is -2.38. The molecule has 0 spiro atoms. The Labute approximate surface area is 131 Å². The topological polar surface area (TPSA) is 46.6 Å². The molecule has 1 heterocycles. The molecule has 120 valence electrons. The van der Waals surface area contributed by atoms with E-state index in [1.54, 1.807) is 6.07 Å². The molecule has 5 rings (SSSR count). The van der Waals surface area contributed by atoms with Crippen LogP contribution in [0.25, 0.3) is 0 Å². The second-order valence-electron chi connectivity index (χ2n) is 6.20. The number of anilines is 1. The fourth-order valence-electron chi connectivity index (χ4n) is 4.15. The number of fused-ring (bicyclic) bond motifs is 1. The minimum atomic E-state index is -3.01. The highest BCUT2D eigenvalue weighted by Gasteiger charge is 2.57. The van der Waals surface area contributed by atoms with E-state index in [9.17, 15) is 18.4 Å². The summed E-state index contributed by atoms with van der Waals surface area (Å²) in [5.74, 6) is -1.36. The molecule has 4 atom stereocenters. The van der Waals surface area contributed by atoms with Crippen LogP contribution in [0.3, 0.4) is 0 Å². The number of amides is 2. The van der Waals surface area contributed by atoms with Crippen LogP contribution in [-0.2, 0) is 9.59 Å². The smallest absolute Gasteiger partial charge is 0.387 e. The van der Waals surface area contributed by atoms with E-state index in [-0.39, 0.29) is 46.9 Å². The summed E-state index contributed by atoms with van der Waals surface area (Å²) in [6, 6.07) is 5.95. The summed E-state index contributed by atoms with van der Waals surface area (Å²) in [6.07, 6.45) is 5.83. The summed E-state index contributed by atoms with van der Waals surface area (Å²) in [5.41, 5.74) is 0.108. The van der Waals surface area contributed by atoms with Gasteiger partial charge in [0.1, 0.15) is 5.75 Å². The molecule has 23 heavy (non-hydrogen) atoms. The van der Waals surface area contributed by atoms with E-state index in [0.717, 1.165) is 17.7 Å². The van der Waals surface area contributed by atoms with E-state index >= 15 is 0 Å². The third kappa shape index (κ3) is 2.08. The number of ether oxygens (including phenoxy) is 1. The summed E-state index contributed by atoms with van der Waals surface area (Å²) >= 11 is 0. The predicted octanol–water partition coefficient (Wildman–Crippen LogP) is 2.99. The highest BCUT2D eigenvalue weighted by molar-refractivity contribution is 6.23. The minimum absolute atomic E-state index is 0.0645. The highest BCUT2D eigenvalue weighted by Crippen LogP contribution is 2.51. The maximum atomic E-state index is 12.8. The van der Waals surface area contributed by atoms with Crippen LogP contribution in [0.2, 0.25) is 0 Å². The van der Waals surface area contributed by atoms with Gasteiger partial charge in [-0.05, 0) is 36.8 Å². The van der Waals surface area contributed by atoms with Gasteiger partial charge in [0.2, 0.25) is 11.8 Å². The van der Waals surface area contributed by atoms with Gasteiger partial charge in [0.25, 0.3) is 0 Å². The molecule has 0 unspecified atom stereocenters. The summed E-state index contributed by atoms with van der Waals surface area (Å²) in [7, 11) is 0. The number of carbonyl (C=O) groups is 2. The van der Waals surface area contributed by atoms with Crippen molar-refractivity contribution in [3.05, 3.63) is 36.4 Å². The Balaban J connectivity index is 1.74. The summed E-state index contributed by atoms with van der Waals surface area (Å²) in [4.78, 5) is 26.7. The lowest BCUT2D eigenvalue weighted by molar-refractivity contribution is -0.124. The molecule has 1 saturated carbocycles. The summed E-state index contributed by atoms with van der Waals surface area (Å²) in [5, 5.41) is 0. The fraction of sp³-hybridized carbons (Fsp3) is 0.412. The lowest BCUT2D eigenvalue weighted by Crippen LogP contribution is -2.38. The Hall–Kier alpha value is -2.24. The quantitative estimate of drug-likeness (QED) is 0.635. The average molecular weight is 319 g/mol. The number of hydrogen-bond donors (Lipinski definition) is 0. The van der Waals surface area contributed by atoms with Crippen LogP contribution in [0, 0.1) is 23.7 Å². The Morgan fingerprint density at radius 3 is 2.09 bits per heavy atom. The third-order valence-electron chi connectivity index (χ3n) is 5.08. The maximum absolute atomic E-state index is 12.8. The van der Waals surface area contributed by atoms with Crippen molar-refractivity contribution in [3.8, 4) is 5.75 Å². The molecule has 1 aromatic carbocycles. The number of benzene rings is 1. The average Bonchev–Trinajstić information content (AvgIpc) is 2.82. The van der Waals surface area contributed by atoms with Crippen LogP contribution >= 0.6 is 0 Å². The largest absolute Gasteiger partial charge is 0.433 e. The first-order valence-electron chi connectivity index (χ1n) is 7.68. The van der Waals surface area contributed by atoms with Gasteiger partial charge in [-0.2, -0.15) is 8.78 Å². The van der Waals surface area contributed by atoms with E-state index in [4.69, 9.17) is 0 Å². The second kappa shape index (κ2) is 5.15. The second-order valence-corrected chi connectivity index (χ2v) is 6.20. The Morgan fingerprint density at radius 1 is 1.00 bits per heavy atom. The van der Waals surface area contributed by atoms with E-state index in [1.807, 2.05) is 12.2 Å². The standard InChI is InChI=1S/C17H15F2NO3/c18-17(19)23-12-4-2-1-3-11(12)20-15(21)13-9-5-6-10(8-7-9)14(13)16(20)22/h1-6,9-10,13-14,17H,7-8H2/t9-,10+,13-,14-/m0/s1. The van der Waals surface area contributed by atoms with Crippen LogP contribution in [0.5, 0.6) is 5.75 Å². The molecule has 2 fully saturated rings. The number of halogens is 2. The van der Waals surface area contributed by atoms with Gasteiger partial charge in [-0.15, -0.1) is 0 Å². The summed E-state index contributed by atoms with van der Waals surface area (Å²) < 4.78 is 29.7. The first-order chi connectivity index (χ1) is 11.1. The third-order valence-corrected chi connectivity index (χ3v) is 5.08. The van der Waals surface area contributed by atoms with Gasteiger partial charge >= 0.3 is 6.61 Å². The van der Waals surface area contributed by atoms with Crippen LogP contribution in [0.1, 0.15) is 12.8 Å². The van der Waals surface area contributed by atoms with Crippen LogP contribution in [0.4, 0.5) is 14.5 Å². The zero-order chi connectivity index (χ0) is 16.1. The molecule has 1 aliphatic heterocycles. The Morgan fingerprint density at radius 2 is 1.57 bits per heavy atom. The van der Waals surface area contributed by atoms with Crippen molar-refractivity contribution in [1.29, 1.82) is 0 Å². The molecule has 3 aliphatic carbocycles. The van der Waals surface area contributed by atoms with Crippen LogP contribution < -0.4 is 9.64 Å². The molecule has 6 heteroatoms. The zero-order valence-electron chi connectivity index (χ0n) is 12.2. The summed E-state index contributed by atoms with van der Waals surface area (Å²) in [6.45, 7) is -3.01. The Bertz CT molecular complexity index is 671. The first kappa shape index (κ1) is 14.4. The van der Waals surface area contributed by atoms with E-state index in [1.165, 1.54) is 18.2 Å². The molecule has 0 aromatic heterocycles. The fourth-order valence-corrected chi connectivity index (χ4v) is 4.15. The number of carbonyl (C=O) groups excluding carboxylic acids is 2. The van der Waals surface area contributed by atoms with Crippen molar-refractivity contribution < 1.29 is 23.1 Å². The molecule has 1 aromatic rings. The van der Waals surface area contributed by atoms with Gasteiger partial charge in [-0.3, -0.25) is 9.59 Å². The molecule has 0 N–H and O–H groups in total. The van der Waals surface area contributed by atoms with Crippen molar-refractivity contribution in [2.45, 2.75) is 19.5 Å². The number of para-hydroxylation sites is 2. The van der Waals surface area contributed by atoms with E-state index in [0.29, 0.717) is 0 Å². The highest BCUT2D eigenvalue weighted by atomic mass is 19.3. The monoisotopic (exact) mass is 319 g/mol. The van der Waals surface area contributed by atoms with Crippen molar-refractivity contribution in [2.24, 2.45) is 23.7 Å². The lowest BCUT2D eigenvalue weighted by atomic mass is 9.63. The number of nitrogens with zero attached hydrogens (tertiary/aromatic N) is 1. The number of hydrogen-bond acceptors (Lipinski definition) is 3. The number of alkyl halides is 2. The van der Waals surface area contributed by atoms with Crippen LogP contribution in [0.15, 0.2) is 36.4 Å². The predicted molar refractivity (Wildman–Crippen MR) is 77.9 cm³/mol. The molecule has 0 radical (unpaired) electrons. The van der Waals surface area contributed by atoms with Gasteiger partial charge < -0.3 is 4.74 Å². The van der Waals surface area contributed by atoms with Crippen molar-refractivity contribution in [1.82, 2.24) is 0 Å². The number of rotatable bonds is 3. The Kier molecular flexibility index (Phi) is 3.21. The zero-order valence-corrected chi connectivity index (χ0v) is 12.2. The van der Waals surface area contributed by atoms with Crippen molar-refractivity contribution in [2.75, 3.05) is 4.90 Å². The van der Waals surface area contributed by atoms with Gasteiger partial charge in [0, 0.05) is 0 Å². The molecular formula is C17H15F2NO3. The molecule has 2 amide bonds. The molecule has 4 nitrogen and oxygen atoms in total. The van der Waals surface area contributed by atoms with E-state index < -0.39 is 6.61 Å². The van der Waals surface area contributed by atoms with Gasteiger partial charge in [0.05, 0.1) is 17.5 Å². The van der Waals surface area contributed by atoms with Gasteiger partial charge in [-0.25, -0.2) is 4.90 Å². The first-order valence-corrected chi connectivity index (χ1v) is 7.68. The SMILES string of the molecule is O=C1[C@@H]2[C@@H](C(=O)N1c1ccccc1OC(F)F)[C@H]1C=C[C@@H]2CC1. The van der Waals surface area contributed by atoms with Crippen molar-refractivity contribution in [3.63, 3.8) is 0 Å². The molecular weight excluding hydrogens is 304 g/mol. The van der Waals surface area contributed by atoms with Gasteiger partial charge in [-0.1, -0.05) is 24.3 Å². The number of allylic oxidation sites excluding steroid dienone is 2. The minimum Gasteiger partial charge on any atom is -0.433 e. The van der Waals surface area contributed by atoms with Gasteiger partial charge in [0.15, 0.2) is 0 Å². The van der Waals surface area contributed by atoms with Crippen LogP contribution in [-0.4, -0.2) is 18.4 Å². The number of imide groups is 1. The normalized spacial score (nSPS) is 31.9. The maximum Gasteiger partial charge on any atom is 0.387 e. The van der Waals surface area contributed by atoms with Crippen molar-refractivity contribution >= 4 is 17.5 Å². The molecule has 2 bridgehead atoms. The molecule has 1 saturated heterocycles.